The zero-order valence-electron chi connectivity index (χ0n) is 18.1. The predicted molar refractivity (Wildman–Crippen MR) is 116 cm³/mol. The summed E-state index contributed by atoms with van der Waals surface area (Å²) in [5.41, 5.74) is 0.979. The lowest BCUT2D eigenvalue weighted by atomic mass is 10.2. The fourth-order valence-corrected chi connectivity index (χ4v) is 2.90. The quantitative estimate of drug-likeness (QED) is 0.569. The molecule has 34 heavy (non-hydrogen) atoms. The zero-order valence-corrected chi connectivity index (χ0v) is 18.1. The number of hydrogen-bond donors (Lipinski definition) is 2. The number of carbonyl (C=O) groups is 6. The average Bonchev–Trinajstić information content (AvgIpc) is 3.26. The van der Waals surface area contributed by atoms with Crippen molar-refractivity contribution < 1.29 is 28.8 Å². The predicted octanol–water partition coefficient (Wildman–Crippen LogP) is -0.0460. The minimum Gasteiger partial charge on any atom is -0.326 e. The molecule has 0 fully saturated rings. The highest BCUT2D eigenvalue weighted by molar-refractivity contribution is 6.04. The number of nitrogens with one attached hydrogen (secondary N) is 2. The second-order valence-corrected chi connectivity index (χ2v) is 7.27. The third-order valence-electron chi connectivity index (χ3n) is 4.20. The number of rotatable bonds is 6. The van der Waals surface area contributed by atoms with Crippen LogP contribution in [-0.2, 0) is 19.2 Å². The number of urea groups is 2. The molecule has 0 aromatic heterocycles. The van der Waals surface area contributed by atoms with Crippen LogP contribution in [0.3, 0.4) is 0 Å². The van der Waals surface area contributed by atoms with E-state index in [1.165, 1.54) is 13.8 Å². The van der Waals surface area contributed by atoms with Crippen LogP contribution < -0.4 is 32.1 Å². The first-order valence-electron chi connectivity index (χ1n) is 9.90. The van der Waals surface area contributed by atoms with E-state index in [2.05, 4.69) is 30.6 Å². The molecule has 2 aliphatic heterocycles. The fraction of sp³-hybridized carbons (Fsp3) is 0.182. The van der Waals surface area contributed by atoms with Crippen molar-refractivity contribution >= 4 is 46.8 Å². The van der Waals surface area contributed by atoms with Crippen LogP contribution in [0.4, 0.5) is 21.0 Å². The minimum absolute atomic E-state index is 0.169. The van der Waals surface area contributed by atoms with E-state index < -0.39 is 23.9 Å². The summed E-state index contributed by atoms with van der Waals surface area (Å²) in [7, 11) is 0. The van der Waals surface area contributed by atoms with Crippen LogP contribution in [0.2, 0.25) is 0 Å². The lowest BCUT2D eigenvalue weighted by Crippen LogP contribution is -2.23. The van der Waals surface area contributed by atoms with Gasteiger partial charge in [-0.25, -0.2) is 9.59 Å². The van der Waals surface area contributed by atoms with E-state index in [-0.39, 0.29) is 24.4 Å². The molecule has 0 aliphatic carbocycles. The maximum absolute atomic E-state index is 11.3. The number of ketones is 2. The van der Waals surface area contributed by atoms with E-state index in [0.29, 0.717) is 32.8 Å². The Morgan fingerprint density at radius 2 is 0.971 bits per heavy atom. The number of nitrogens with zero attached hydrogens (tertiary/aromatic N) is 4. The van der Waals surface area contributed by atoms with Crippen molar-refractivity contribution in [3.8, 4) is 0 Å². The van der Waals surface area contributed by atoms with Gasteiger partial charge in [0, 0.05) is 11.4 Å². The second kappa shape index (κ2) is 10.3. The molecule has 172 valence electrons. The molecule has 4 rings (SSSR count). The largest absolute Gasteiger partial charge is 0.368 e. The maximum atomic E-state index is 11.3. The molecule has 0 unspecified atom stereocenters. The minimum atomic E-state index is -0.549. The van der Waals surface area contributed by atoms with Crippen molar-refractivity contribution in [3.05, 3.63) is 57.8 Å². The van der Waals surface area contributed by atoms with Crippen molar-refractivity contribution in [1.29, 1.82) is 0 Å². The third-order valence-corrected chi connectivity index (χ3v) is 4.20. The van der Waals surface area contributed by atoms with Gasteiger partial charge in [-0.2, -0.15) is 20.0 Å². The number of carbonyl (C=O) groups excluding carboxylic acids is 6. The molecule has 2 N–H and O–H groups in total. The van der Waals surface area contributed by atoms with Gasteiger partial charge < -0.3 is 10.6 Å². The molecular formula is C22H18N6O6. The maximum Gasteiger partial charge on any atom is 0.368 e. The first kappa shape index (κ1) is 23.9. The molecule has 0 atom stereocenters. The van der Waals surface area contributed by atoms with E-state index in [4.69, 9.17) is 0 Å². The standard InChI is InChI=1S/2C11H9N3O3/c2*1-6(15)4-10(16)12-7-2-3-8-9(5-7)14-11(17)13-8/h2*2-3,5H,4H2,1H3,(H,12,16). The van der Waals surface area contributed by atoms with Gasteiger partial charge in [-0.15, -0.1) is 0 Å². The van der Waals surface area contributed by atoms with E-state index in [1.807, 2.05) is 0 Å². The molecule has 2 aromatic carbocycles. The van der Waals surface area contributed by atoms with Crippen LogP contribution in [0.15, 0.2) is 56.4 Å². The van der Waals surface area contributed by atoms with Crippen molar-refractivity contribution in [2.75, 3.05) is 10.6 Å². The fourth-order valence-electron chi connectivity index (χ4n) is 2.90. The molecule has 0 saturated heterocycles. The summed E-state index contributed by atoms with van der Waals surface area (Å²) in [6.45, 7) is 2.68. The van der Waals surface area contributed by atoms with Crippen molar-refractivity contribution in [2.45, 2.75) is 26.7 Å². The first-order chi connectivity index (χ1) is 16.1. The number of Topliss-reactive ketones (excluding diaryl/α,β-unsaturated/α-hetero) is 2. The number of hydrogen-bond acceptors (Lipinski definition) is 6. The van der Waals surface area contributed by atoms with Gasteiger partial charge in [0.25, 0.3) is 0 Å². The van der Waals surface area contributed by atoms with E-state index >= 15 is 0 Å². The summed E-state index contributed by atoms with van der Waals surface area (Å²) < 4.78 is 0. The molecule has 12 heteroatoms. The smallest absolute Gasteiger partial charge is 0.326 e. The van der Waals surface area contributed by atoms with Gasteiger partial charge in [0.05, 0.1) is 34.3 Å². The monoisotopic (exact) mass is 462 g/mol. The highest BCUT2D eigenvalue weighted by Gasteiger charge is 2.10. The Morgan fingerprint density at radius 3 is 1.32 bits per heavy atom. The van der Waals surface area contributed by atoms with Crippen LogP contribution >= 0.6 is 0 Å². The Morgan fingerprint density at radius 1 is 0.618 bits per heavy atom. The lowest BCUT2D eigenvalue weighted by molar-refractivity contribution is -0.125. The number of anilines is 2. The Bertz CT molecular complexity index is 1380. The molecule has 2 aliphatic rings. The highest BCUT2D eigenvalue weighted by atomic mass is 16.2. The average molecular weight is 462 g/mol. The van der Waals surface area contributed by atoms with E-state index in [9.17, 15) is 28.8 Å². The van der Waals surface area contributed by atoms with E-state index in [1.54, 1.807) is 36.4 Å². The van der Waals surface area contributed by atoms with Crippen LogP contribution in [-0.4, -0.2) is 35.4 Å². The summed E-state index contributed by atoms with van der Waals surface area (Å²) in [5.74, 6) is -1.20. The van der Waals surface area contributed by atoms with Crippen LogP contribution in [0.25, 0.3) is 0 Å². The SMILES string of the molecule is CC(=O)CC(=O)Nc1ccc2c(c1)=NC(=O)N=2.CC(=O)CC(=O)Nc1ccc2c(c1)=NC(=O)N=2. The van der Waals surface area contributed by atoms with Gasteiger partial charge in [-0.1, -0.05) is 0 Å². The van der Waals surface area contributed by atoms with Gasteiger partial charge in [-0.05, 0) is 50.2 Å². The van der Waals surface area contributed by atoms with Gasteiger partial charge in [-0.3, -0.25) is 19.2 Å². The Labute approximate surface area is 191 Å². The summed E-state index contributed by atoms with van der Waals surface area (Å²) >= 11 is 0. The summed E-state index contributed by atoms with van der Waals surface area (Å²) in [4.78, 5) is 80.6. The van der Waals surface area contributed by atoms with Crippen molar-refractivity contribution in [2.24, 2.45) is 20.0 Å². The number of benzene rings is 2. The van der Waals surface area contributed by atoms with Gasteiger partial charge in [0.15, 0.2) is 0 Å². The van der Waals surface area contributed by atoms with Crippen molar-refractivity contribution in [1.82, 2.24) is 0 Å². The molecule has 6 amide bonds. The molecule has 0 saturated carbocycles. The van der Waals surface area contributed by atoms with Crippen LogP contribution in [0, 0.1) is 0 Å². The second-order valence-electron chi connectivity index (χ2n) is 7.27. The number of amides is 6. The molecular weight excluding hydrogens is 444 g/mol. The van der Waals surface area contributed by atoms with E-state index in [0.717, 1.165) is 0 Å². The van der Waals surface area contributed by atoms with Gasteiger partial charge in [0.2, 0.25) is 11.8 Å². The van der Waals surface area contributed by atoms with Gasteiger partial charge >= 0.3 is 12.1 Å². The van der Waals surface area contributed by atoms with Crippen LogP contribution in [0.1, 0.15) is 26.7 Å². The Kier molecular flexibility index (Phi) is 7.21. The highest BCUT2D eigenvalue weighted by Crippen LogP contribution is 2.03. The molecule has 12 nitrogen and oxygen atoms in total. The first-order valence-corrected chi connectivity index (χ1v) is 9.90. The Balaban J connectivity index is 0.000000191. The zero-order chi connectivity index (χ0) is 24.8. The molecule has 0 bridgehead atoms. The summed E-state index contributed by atoms with van der Waals surface area (Å²) in [6, 6.07) is 8.38. The summed E-state index contributed by atoms with van der Waals surface area (Å²) in [6.07, 6.45) is -0.338. The lowest BCUT2D eigenvalue weighted by Gasteiger charge is -2.02. The summed E-state index contributed by atoms with van der Waals surface area (Å²) in [5, 5.41) is 6.91. The molecule has 0 spiro atoms. The third kappa shape index (κ3) is 6.63. The number of fused-ring (bicyclic) bond motifs is 2. The van der Waals surface area contributed by atoms with Crippen molar-refractivity contribution in [3.63, 3.8) is 0 Å². The van der Waals surface area contributed by atoms with Gasteiger partial charge in [0.1, 0.15) is 11.6 Å². The molecule has 2 heterocycles. The molecule has 2 aromatic rings. The molecule has 0 radical (unpaired) electrons. The normalized spacial score (nSPS) is 12.4. The Hall–Kier alpha value is -4.74. The van der Waals surface area contributed by atoms with Crippen LogP contribution in [0.5, 0.6) is 0 Å². The topological polar surface area (TPSA) is 176 Å².